The number of hydrogen-bond donors (Lipinski definition) is 2. The molecule has 5 nitrogen and oxygen atoms in total. The number of amides is 2. The fraction of sp³-hybridized carbons (Fsp3) is 0.0625. The van der Waals surface area contributed by atoms with Crippen molar-refractivity contribution >= 4 is 18.0 Å². The van der Waals surface area contributed by atoms with Crippen molar-refractivity contribution in [3.8, 4) is 0 Å². The number of hydrazone groups is 1. The van der Waals surface area contributed by atoms with E-state index in [4.69, 9.17) is 0 Å². The molecule has 6 heteroatoms. The summed E-state index contributed by atoms with van der Waals surface area (Å²) in [6.07, 6.45) is 1.39. The van der Waals surface area contributed by atoms with E-state index in [2.05, 4.69) is 15.8 Å². The minimum atomic E-state index is -0.456. The molecular formula is C16H14FN3O2. The lowest BCUT2D eigenvalue weighted by Gasteiger charge is -2.03. The van der Waals surface area contributed by atoms with Crippen molar-refractivity contribution < 1.29 is 14.0 Å². The largest absolute Gasteiger partial charge is 0.343 e. The first-order valence-electron chi connectivity index (χ1n) is 6.56. The van der Waals surface area contributed by atoms with Gasteiger partial charge in [-0.05, 0) is 29.8 Å². The summed E-state index contributed by atoms with van der Waals surface area (Å²) >= 11 is 0. The number of hydrogen-bond acceptors (Lipinski definition) is 3. The van der Waals surface area contributed by atoms with Gasteiger partial charge in [0, 0.05) is 5.56 Å². The van der Waals surface area contributed by atoms with E-state index in [9.17, 15) is 14.0 Å². The third-order valence-corrected chi connectivity index (χ3v) is 2.72. The molecule has 2 aromatic rings. The Bertz CT molecular complexity index is 670. The molecule has 0 saturated heterocycles. The fourth-order valence-corrected chi connectivity index (χ4v) is 1.62. The van der Waals surface area contributed by atoms with Crippen molar-refractivity contribution in [1.82, 2.24) is 10.7 Å². The molecule has 0 aliphatic heterocycles. The van der Waals surface area contributed by atoms with Gasteiger partial charge >= 0.3 is 0 Å². The Morgan fingerprint density at radius 2 is 1.73 bits per heavy atom. The molecule has 112 valence electrons. The van der Waals surface area contributed by atoms with Crippen molar-refractivity contribution in [2.24, 2.45) is 5.10 Å². The summed E-state index contributed by atoms with van der Waals surface area (Å²) in [6, 6.07) is 14.2. The zero-order valence-corrected chi connectivity index (χ0v) is 11.6. The first-order valence-corrected chi connectivity index (χ1v) is 6.56. The van der Waals surface area contributed by atoms with Gasteiger partial charge in [0.2, 0.25) is 0 Å². The van der Waals surface area contributed by atoms with Crippen LogP contribution in [0.2, 0.25) is 0 Å². The van der Waals surface area contributed by atoms with Gasteiger partial charge in [0.25, 0.3) is 11.8 Å². The zero-order chi connectivity index (χ0) is 15.8. The van der Waals surface area contributed by atoms with Gasteiger partial charge in [-0.15, -0.1) is 0 Å². The van der Waals surface area contributed by atoms with E-state index >= 15 is 0 Å². The lowest BCUT2D eigenvalue weighted by molar-refractivity contribution is -0.120. The van der Waals surface area contributed by atoms with Crippen LogP contribution < -0.4 is 10.7 Å². The molecule has 2 rings (SSSR count). The number of carbonyl (C=O) groups excluding carboxylic acids is 2. The van der Waals surface area contributed by atoms with Crippen LogP contribution in [-0.2, 0) is 4.79 Å². The van der Waals surface area contributed by atoms with Crippen LogP contribution in [-0.4, -0.2) is 24.6 Å². The number of benzene rings is 2. The Morgan fingerprint density at radius 1 is 1.05 bits per heavy atom. The smallest absolute Gasteiger partial charge is 0.259 e. The summed E-state index contributed by atoms with van der Waals surface area (Å²) < 4.78 is 12.7. The first-order chi connectivity index (χ1) is 10.6. The van der Waals surface area contributed by atoms with Crippen LogP contribution >= 0.6 is 0 Å². The number of halogens is 1. The first kappa shape index (κ1) is 15.4. The molecule has 0 unspecified atom stereocenters. The highest BCUT2D eigenvalue weighted by molar-refractivity contribution is 5.96. The minimum absolute atomic E-state index is 0.186. The van der Waals surface area contributed by atoms with Crippen LogP contribution in [0.25, 0.3) is 0 Å². The molecule has 2 aromatic carbocycles. The van der Waals surface area contributed by atoms with E-state index in [0.717, 1.165) is 0 Å². The molecule has 2 N–H and O–H groups in total. The quantitative estimate of drug-likeness (QED) is 0.652. The van der Waals surface area contributed by atoms with Crippen LogP contribution in [0.4, 0.5) is 4.39 Å². The highest BCUT2D eigenvalue weighted by Gasteiger charge is 2.06. The lowest BCUT2D eigenvalue weighted by Crippen LogP contribution is -2.34. The molecular weight excluding hydrogens is 285 g/mol. The summed E-state index contributed by atoms with van der Waals surface area (Å²) in [7, 11) is 0. The van der Waals surface area contributed by atoms with E-state index in [1.54, 1.807) is 30.3 Å². The van der Waals surface area contributed by atoms with Crippen LogP contribution in [0.3, 0.4) is 0 Å². The fourth-order valence-electron chi connectivity index (χ4n) is 1.62. The van der Waals surface area contributed by atoms with Gasteiger partial charge in [-0.2, -0.15) is 5.10 Å². The van der Waals surface area contributed by atoms with Crippen LogP contribution in [0.15, 0.2) is 59.7 Å². The predicted molar refractivity (Wildman–Crippen MR) is 80.9 cm³/mol. The molecule has 2 amide bonds. The van der Waals surface area contributed by atoms with Gasteiger partial charge < -0.3 is 5.32 Å². The van der Waals surface area contributed by atoms with Gasteiger partial charge in [0.1, 0.15) is 5.82 Å². The Labute approximate surface area is 126 Å². The van der Waals surface area contributed by atoms with E-state index < -0.39 is 5.91 Å². The van der Waals surface area contributed by atoms with Gasteiger partial charge in [-0.3, -0.25) is 9.59 Å². The number of nitrogens with one attached hydrogen (secondary N) is 2. The zero-order valence-electron chi connectivity index (χ0n) is 11.6. The van der Waals surface area contributed by atoms with E-state index in [-0.39, 0.29) is 18.3 Å². The third kappa shape index (κ3) is 4.82. The van der Waals surface area contributed by atoms with Crippen molar-refractivity contribution in [3.05, 3.63) is 71.5 Å². The van der Waals surface area contributed by atoms with Crippen molar-refractivity contribution in [3.63, 3.8) is 0 Å². The molecule has 0 atom stereocenters. The van der Waals surface area contributed by atoms with Crippen LogP contribution in [0, 0.1) is 5.82 Å². The molecule has 22 heavy (non-hydrogen) atoms. The highest BCUT2D eigenvalue weighted by Crippen LogP contribution is 1.99. The maximum Gasteiger partial charge on any atom is 0.259 e. The molecule has 0 aliphatic carbocycles. The van der Waals surface area contributed by atoms with E-state index in [0.29, 0.717) is 11.1 Å². The van der Waals surface area contributed by atoms with Crippen molar-refractivity contribution in [1.29, 1.82) is 0 Å². The molecule has 0 aromatic heterocycles. The summed E-state index contributed by atoms with van der Waals surface area (Å²) in [4.78, 5) is 23.2. The maximum atomic E-state index is 12.7. The molecule has 0 bridgehead atoms. The Balaban J connectivity index is 1.76. The maximum absolute atomic E-state index is 12.7. The normalized spacial score (nSPS) is 10.4. The van der Waals surface area contributed by atoms with E-state index in [1.807, 2.05) is 0 Å². The number of nitrogens with zero attached hydrogens (tertiary/aromatic N) is 1. The second kappa shape index (κ2) is 7.68. The summed E-state index contributed by atoms with van der Waals surface area (Å²) in [6.45, 7) is -0.186. The second-order valence-electron chi connectivity index (χ2n) is 4.39. The molecule has 0 heterocycles. The Kier molecular flexibility index (Phi) is 5.37. The molecule has 0 radical (unpaired) electrons. The minimum Gasteiger partial charge on any atom is -0.343 e. The standard InChI is InChI=1S/C16H14FN3O2/c17-14-8-6-12(7-9-14)10-19-20-15(21)11-18-16(22)13-4-2-1-3-5-13/h1-10H,11H2,(H,18,22)(H,20,21)/b19-10+. The molecule has 0 aliphatic rings. The van der Waals surface area contributed by atoms with Crippen molar-refractivity contribution in [2.45, 2.75) is 0 Å². The monoisotopic (exact) mass is 299 g/mol. The van der Waals surface area contributed by atoms with Crippen LogP contribution in [0.5, 0.6) is 0 Å². The van der Waals surface area contributed by atoms with Gasteiger partial charge in [-0.1, -0.05) is 30.3 Å². The molecule has 0 spiro atoms. The summed E-state index contributed by atoms with van der Waals surface area (Å²) in [5, 5.41) is 6.20. The average Bonchev–Trinajstić information content (AvgIpc) is 2.55. The third-order valence-electron chi connectivity index (χ3n) is 2.72. The van der Waals surface area contributed by atoms with Crippen LogP contribution in [0.1, 0.15) is 15.9 Å². The number of rotatable bonds is 5. The Morgan fingerprint density at radius 3 is 2.41 bits per heavy atom. The number of carbonyl (C=O) groups is 2. The van der Waals surface area contributed by atoms with Gasteiger partial charge in [0.15, 0.2) is 0 Å². The predicted octanol–water partition coefficient (Wildman–Crippen LogP) is 1.71. The van der Waals surface area contributed by atoms with Gasteiger partial charge in [0.05, 0.1) is 12.8 Å². The Hall–Kier alpha value is -3.02. The summed E-state index contributed by atoms with van der Waals surface area (Å²) in [5.74, 6) is -1.13. The highest BCUT2D eigenvalue weighted by atomic mass is 19.1. The molecule has 0 fully saturated rings. The lowest BCUT2D eigenvalue weighted by atomic mass is 10.2. The summed E-state index contributed by atoms with van der Waals surface area (Å²) in [5.41, 5.74) is 3.40. The van der Waals surface area contributed by atoms with Gasteiger partial charge in [-0.25, -0.2) is 9.82 Å². The topological polar surface area (TPSA) is 70.6 Å². The molecule has 0 saturated carbocycles. The van der Waals surface area contributed by atoms with Crippen molar-refractivity contribution in [2.75, 3.05) is 6.54 Å². The second-order valence-corrected chi connectivity index (χ2v) is 4.39. The average molecular weight is 299 g/mol. The van der Waals surface area contributed by atoms with E-state index in [1.165, 1.54) is 30.5 Å². The SMILES string of the molecule is O=C(CNC(=O)c1ccccc1)N/N=C/c1ccc(F)cc1.